The fourth-order valence-corrected chi connectivity index (χ4v) is 3.80. The van der Waals surface area contributed by atoms with E-state index in [2.05, 4.69) is 5.32 Å². The van der Waals surface area contributed by atoms with Crippen molar-refractivity contribution in [2.75, 3.05) is 7.11 Å². The van der Waals surface area contributed by atoms with E-state index in [1.165, 1.54) is 12.1 Å². The molecule has 0 spiro atoms. The van der Waals surface area contributed by atoms with Gasteiger partial charge in [0.1, 0.15) is 17.6 Å². The smallest absolute Gasteiger partial charge is 0.243 e. The van der Waals surface area contributed by atoms with E-state index in [0.29, 0.717) is 12.2 Å². The molecule has 0 aliphatic heterocycles. The van der Waals surface area contributed by atoms with Crippen LogP contribution in [0.3, 0.4) is 0 Å². The minimum absolute atomic E-state index is 0.0230. The number of ether oxygens (including phenoxy) is 1. The van der Waals surface area contributed by atoms with E-state index in [1.807, 2.05) is 68.4 Å². The van der Waals surface area contributed by atoms with Gasteiger partial charge in [-0.1, -0.05) is 61.5 Å². The highest BCUT2D eigenvalue weighted by molar-refractivity contribution is 5.89. The van der Waals surface area contributed by atoms with Crippen molar-refractivity contribution in [3.63, 3.8) is 0 Å². The van der Waals surface area contributed by atoms with Crippen molar-refractivity contribution >= 4 is 11.8 Å². The lowest BCUT2D eigenvalue weighted by Gasteiger charge is -2.32. The summed E-state index contributed by atoms with van der Waals surface area (Å²) >= 11 is 0. The first kappa shape index (κ1) is 25.9. The summed E-state index contributed by atoms with van der Waals surface area (Å²) in [5.41, 5.74) is 2.53. The molecule has 2 unspecified atom stereocenters. The molecule has 0 bridgehead atoms. The first-order valence-electron chi connectivity index (χ1n) is 11.9. The number of hydrogen-bond acceptors (Lipinski definition) is 3. The zero-order valence-electron chi connectivity index (χ0n) is 20.5. The maximum Gasteiger partial charge on any atom is 0.243 e. The maximum atomic E-state index is 13.7. The molecule has 1 N–H and O–H groups in total. The van der Waals surface area contributed by atoms with Gasteiger partial charge >= 0.3 is 0 Å². The second-order valence-corrected chi connectivity index (χ2v) is 8.70. The molecule has 0 aromatic heterocycles. The van der Waals surface area contributed by atoms with Gasteiger partial charge in [-0.15, -0.1) is 0 Å². The summed E-state index contributed by atoms with van der Waals surface area (Å²) in [6.45, 7) is 4.14. The Morgan fingerprint density at radius 3 is 2.14 bits per heavy atom. The zero-order valence-corrected chi connectivity index (χ0v) is 20.5. The van der Waals surface area contributed by atoms with Gasteiger partial charge in [-0.25, -0.2) is 4.39 Å². The molecule has 0 aliphatic rings. The molecule has 0 fully saturated rings. The first-order valence-corrected chi connectivity index (χ1v) is 11.9. The van der Waals surface area contributed by atoms with E-state index in [1.54, 1.807) is 24.1 Å². The van der Waals surface area contributed by atoms with Crippen LogP contribution >= 0.6 is 0 Å². The van der Waals surface area contributed by atoms with Crippen molar-refractivity contribution in [1.29, 1.82) is 0 Å². The Bertz CT molecular complexity index is 1090. The number of nitrogens with zero attached hydrogens (tertiary/aromatic N) is 1. The van der Waals surface area contributed by atoms with Crippen LogP contribution in [0.2, 0.25) is 0 Å². The molecule has 35 heavy (non-hydrogen) atoms. The molecule has 2 atom stereocenters. The molecule has 0 heterocycles. The van der Waals surface area contributed by atoms with Crippen molar-refractivity contribution in [2.45, 2.75) is 51.7 Å². The molecular weight excluding hydrogens is 443 g/mol. The van der Waals surface area contributed by atoms with E-state index in [-0.39, 0.29) is 36.6 Å². The number of benzene rings is 3. The predicted octanol–water partition coefficient (Wildman–Crippen LogP) is 4.93. The molecule has 2 amide bonds. The lowest BCUT2D eigenvalue weighted by Crippen LogP contribution is -2.52. The Balaban J connectivity index is 1.94. The van der Waals surface area contributed by atoms with Gasteiger partial charge in [0.25, 0.3) is 0 Å². The van der Waals surface area contributed by atoms with Crippen LogP contribution in [-0.2, 0) is 29.0 Å². The van der Waals surface area contributed by atoms with Crippen LogP contribution in [0.5, 0.6) is 5.75 Å². The summed E-state index contributed by atoms with van der Waals surface area (Å²) in [5.74, 6) is -0.0208. The molecule has 0 saturated heterocycles. The van der Waals surface area contributed by atoms with Gasteiger partial charge in [0.05, 0.1) is 13.5 Å². The van der Waals surface area contributed by atoms with Crippen molar-refractivity contribution in [2.24, 2.45) is 0 Å². The number of carbonyl (C=O) groups excluding carboxylic acids is 2. The predicted molar refractivity (Wildman–Crippen MR) is 135 cm³/mol. The van der Waals surface area contributed by atoms with Gasteiger partial charge in [-0.3, -0.25) is 9.59 Å². The SMILES string of the molecule is CCC(C)NC(=O)C(Cc1ccccc1)N(Cc1ccc(F)cc1)C(=O)Cc1ccc(OC)cc1. The largest absolute Gasteiger partial charge is 0.497 e. The summed E-state index contributed by atoms with van der Waals surface area (Å²) in [6.07, 6.45) is 1.29. The molecule has 3 rings (SSSR count). The molecule has 3 aromatic rings. The van der Waals surface area contributed by atoms with Gasteiger partial charge < -0.3 is 15.0 Å². The van der Waals surface area contributed by atoms with Crippen LogP contribution in [0, 0.1) is 5.82 Å². The van der Waals surface area contributed by atoms with Crippen molar-refractivity contribution < 1.29 is 18.7 Å². The third-order valence-corrected chi connectivity index (χ3v) is 6.05. The fourth-order valence-electron chi connectivity index (χ4n) is 3.80. The van der Waals surface area contributed by atoms with Gasteiger partial charge in [0.15, 0.2) is 0 Å². The van der Waals surface area contributed by atoms with Gasteiger partial charge in [-0.05, 0) is 54.3 Å². The van der Waals surface area contributed by atoms with Gasteiger partial charge in [-0.2, -0.15) is 0 Å². The molecular formula is C29H33FN2O3. The van der Waals surface area contributed by atoms with Crippen LogP contribution in [0.15, 0.2) is 78.9 Å². The van der Waals surface area contributed by atoms with Crippen LogP contribution < -0.4 is 10.1 Å². The molecule has 0 saturated carbocycles. The normalized spacial score (nSPS) is 12.5. The highest BCUT2D eigenvalue weighted by Crippen LogP contribution is 2.18. The minimum atomic E-state index is -0.720. The van der Waals surface area contributed by atoms with Gasteiger partial charge in [0, 0.05) is 19.0 Å². The number of halogens is 1. The molecule has 3 aromatic carbocycles. The Kier molecular flexibility index (Phi) is 9.41. The Morgan fingerprint density at radius 1 is 0.914 bits per heavy atom. The topological polar surface area (TPSA) is 58.6 Å². The Labute approximate surface area is 206 Å². The lowest BCUT2D eigenvalue weighted by molar-refractivity contribution is -0.141. The average molecular weight is 477 g/mol. The highest BCUT2D eigenvalue weighted by Gasteiger charge is 2.31. The van der Waals surface area contributed by atoms with E-state index in [9.17, 15) is 14.0 Å². The van der Waals surface area contributed by atoms with Crippen molar-refractivity contribution in [1.82, 2.24) is 10.2 Å². The third-order valence-electron chi connectivity index (χ3n) is 6.05. The zero-order chi connectivity index (χ0) is 25.2. The molecule has 6 heteroatoms. The quantitative estimate of drug-likeness (QED) is 0.427. The highest BCUT2D eigenvalue weighted by atomic mass is 19.1. The third kappa shape index (κ3) is 7.67. The maximum absolute atomic E-state index is 13.7. The van der Waals surface area contributed by atoms with E-state index >= 15 is 0 Å². The standard InChI is InChI=1S/C29H33FN2O3/c1-4-21(2)31-29(34)27(18-22-8-6-5-7-9-22)32(20-24-10-14-25(30)15-11-24)28(33)19-23-12-16-26(35-3)17-13-23/h5-17,21,27H,4,18-20H2,1-3H3,(H,31,34). The number of hydrogen-bond donors (Lipinski definition) is 1. The summed E-state index contributed by atoms with van der Waals surface area (Å²) in [4.78, 5) is 28.7. The molecule has 5 nitrogen and oxygen atoms in total. The second-order valence-electron chi connectivity index (χ2n) is 8.70. The van der Waals surface area contributed by atoms with Crippen molar-refractivity contribution in [3.05, 3.63) is 101 Å². The first-order chi connectivity index (χ1) is 16.9. The summed E-state index contributed by atoms with van der Waals surface area (Å²) in [7, 11) is 1.59. The fraction of sp³-hybridized carbons (Fsp3) is 0.310. The number of rotatable bonds is 11. The van der Waals surface area contributed by atoms with Crippen LogP contribution in [0.1, 0.15) is 37.0 Å². The minimum Gasteiger partial charge on any atom is -0.497 e. The van der Waals surface area contributed by atoms with Crippen LogP contribution in [0.25, 0.3) is 0 Å². The summed E-state index contributed by atoms with van der Waals surface area (Å²) in [5, 5.41) is 3.05. The Morgan fingerprint density at radius 2 is 1.54 bits per heavy atom. The van der Waals surface area contributed by atoms with E-state index in [4.69, 9.17) is 4.74 Å². The summed E-state index contributed by atoms with van der Waals surface area (Å²) in [6, 6.07) is 22.3. The molecule has 0 radical (unpaired) electrons. The second kappa shape index (κ2) is 12.7. The van der Waals surface area contributed by atoms with E-state index in [0.717, 1.165) is 23.1 Å². The van der Waals surface area contributed by atoms with E-state index < -0.39 is 6.04 Å². The van der Waals surface area contributed by atoms with Crippen LogP contribution in [-0.4, -0.2) is 35.9 Å². The molecule has 184 valence electrons. The van der Waals surface area contributed by atoms with Crippen LogP contribution in [0.4, 0.5) is 4.39 Å². The Hall–Kier alpha value is -3.67. The number of carbonyl (C=O) groups is 2. The number of methoxy groups -OCH3 is 1. The lowest BCUT2D eigenvalue weighted by atomic mass is 10.0. The van der Waals surface area contributed by atoms with Crippen molar-refractivity contribution in [3.8, 4) is 5.75 Å². The monoisotopic (exact) mass is 476 g/mol. The number of nitrogens with one attached hydrogen (secondary N) is 1. The number of amides is 2. The van der Waals surface area contributed by atoms with Gasteiger partial charge in [0.2, 0.25) is 11.8 Å². The summed E-state index contributed by atoms with van der Waals surface area (Å²) < 4.78 is 18.7. The molecule has 0 aliphatic carbocycles. The average Bonchev–Trinajstić information content (AvgIpc) is 2.88.